The van der Waals surface area contributed by atoms with Crippen molar-refractivity contribution in [2.45, 2.75) is 33.7 Å². The van der Waals surface area contributed by atoms with Crippen LogP contribution in [0.25, 0.3) is 16.8 Å². The lowest BCUT2D eigenvalue weighted by Crippen LogP contribution is -2.40. The molecule has 1 aliphatic rings. The number of hydrogen-bond acceptors (Lipinski definition) is 6. The molecule has 3 heterocycles. The summed E-state index contributed by atoms with van der Waals surface area (Å²) < 4.78 is 13.2. The van der Waals surface area contributed by atoms with Gasteiger partial charge < -0.3 is 14.5 Å². The van der Waals surface area contributed by atoms with Crippen molar-refractivity contribution in [2.75, 3.05) is 13.7 Å². The van der Waals surface area contributed by atoms with Crippen molar-refractivity contribution in [1.29, 1.82) is 0 Å². The zero-order valence-corrected chi connectivity index (χ0v) is 21.7. The van der Waals surface area contributed by atoms with Crippen LogP contribution < -0.4 is 19.6 Å². The molecule has 0 saturated heterocycles. The van der Waals surface area contributed by atoms with Crippen molar-refractivity contribution in [1.82, 2.24) is 9.55 Å². The molecule has 2 aromatic carbocycles. The van der Waals surface area contributed by atoms with Crippen LogP contribution in [0.1, 0.15) is 42.4 Å². The maximum absolute atomic E-state index is 13.9. The van der Waals surface area contributed by atoms with Gasteiger partial charge in [-0.3, -0.25) is 9.36 Å². The topological polar surface area (TPSA) is 85.7 Å². The van der Waals surface area contributed by atoms with Gasteiger partial charge in [0, 0.05) is 16.8 Å². The number of thiazole rings is 1. The number of nitrogens with zero attached hydrogens (tertiary/aromatic N) is 2. The lowest BCUT2D eigenvalue weighted by atomic mass is 9.91. The molecule has 36 heavy (non-hydrogen) atoms. The molecule has 0 fully saturated rings. The van der Waals surface area contributed by atoms with Gasteiger partial charge in [0.2, 0.25) is 0 Å². The molecular formula is C28H27N3O4S. The fraction of sp³-hybridized carbons (Fsp3) is 0.250. The van der Waals surface area contributed by atoms with E-state index < -0.39 is 12.0 Å². The van der Waals surface area contributed by atoms with Gasteiger partial charge in [0.1, 0.15) is 5.75 Å². The normalized spacial score (nSPS) is 15.7. The SMILES string of the molecule is CCOC(=O)C1=C(C)N=c2s/c(=C\c3cc(C)[nH]c3C)c(=O)n2C1c1ccc(OC)c2ccccc12. The van der Waals surface area contributed by atoms with Crippen LogP contribution in [0.2, 0.25) is 0 Å². The number of aromatic nitrogens is 2. The highest BCUT2D eigenvalue weighted by Gasteiger charge is 2.34. The van der Waals surface area contributed by atoms with Crippen molar-refractivity contribution >= 4 is 34.2 Å². The number of benzene rings is 2. The van der Waals surface area contributed by atoms with Crippen molar-refractivity contribution in [3.05, 3.63) is 95.9 Å². The number of methoxy groups -OCH3 is 1. The van der Waals surface area contributed by atoms with Gasteiger partial charge in [0.15, 0.2) is 4.80 Å². The molecule has 0 radical (unpaired) electrons. The van der Waals surface area contributed by atoms with Gasteiger partial charge in [-0.15, -0.1) is 0 Å². The Hall–Kier alpha value is -3.91. The Morgan fingerprint density at radius 1 is 1.17 bits per heavy atom. The Morgan fingerprint density at radius 2 is 1.92 bits per heavy atom. The first-order chi connectivity index (χ1) is 17.3. The number of ether oxygens (including phenoxy) is 2. The van der Waals surface area contributed by atoms with Crippen LogP contribution in [0.4, 0.5) is 0 Å². The summed E-state index contributed by atoms with van der Waals surface area (Å²) in [5.74, 6) is 0.244. The van der Waals surface area contributed by atoms with Crippen molar-refractivity contribution in [3.8, 4) is 5.75 Å². The molecule has 0 saturated carbocycles. The Balaban J connectivity index is 1.83. The molecule has 1 aliphatic heterocycles. The van der Waals surface area contributed by atoms with E-state index in [4.69, 9.17) is 9.47 Å². The average Bonchev–Trinajstić information content (AvgIpc) is 3.34. The van der Waals surface area contributed by atoms with Gasteiger partial charge in [-0.1, -0.05) is 41.7 Å². The number of carbonyl (C=O) groups is 1. The third kappa shape index (κ3) is 3.87. The van der Waals surface area contributed by atoms with Crippen LogP contribution >= 0.6 is 11.3 Å². The number of rotatable bonds is 5. The summed E-state index contributed by atoms with van der Waals surface area (Å²) in [5, 5.41) is 1.79. The molecule has 1 atom stereocenters. The predicted octanol–water partition coefficient (Wildman–Crippen LogP) is 3.91. The first kappa shape index (κ1) is 23.8. The van der Waals surface area contributed by atoms with E-state index in [2.05, 4.69) is 9.98 Å². The third-order valence-electron chi connectivity index (χ3n) is 6.43. The van der Waals surface area contributed by atoms with Gasteiger partial charge in [0.05, 0.1) is 35.6 Å². The monoisotopic (exact) mass is 501 g/mol. The first-order valence-electron chi connectivity index (χ1n) is 11.8. The second-order valence-corrected chi connectivity index (χ2v) is 9.75. The molecule has 4 aromatic rings. The minimum absolute atomic E-state index is 0.198. The second-order valence-electron chi connectivity index (χ2n) is 8.74. The maximum Gasteiger partial charge on any atom is 0.338 e. The highest BCUT2D eigenvalue weighted by molar-refractivity contribution is 7.07. The van der Waals surface area contributed by atoms with Crippen LogP contribution in [-0.2, 0) is 9.53 Å². The smallest absolute Gasteiger partial charge is 0.338 e. The molecule has 8 heteroatoms. The summed E-state index contributed by atoms with van der Waals surface area (Å²) in [7, 11) is 1.63. The molecule has 1 N–H and O–H groups in total. The van der Waals surface area contributed by atoms with E-state index in [-0.39, 0.29) is 12.2 Å². The number of fused-ring (bicyclic) bond motifs is 2. The highest BCUT2D eigenvalue weighted by Crippen LogP contribution is 2.37. The number of aryl methyl sites for hydroxylation is 2. The fourth-order valence-electron chi connectivity index (χ4n) is 4.83. The summed E-state index contributed by atoms with van der Waals surface area (Å²) in [6, 6.07) is 12.9. The van der Waals surface area contributed by atoms with Gasteiger partial charge in [0.25, 0.3) is 5.56 Å². The molecule has 184 valence electrons. The molecule has 0 aliphatic carbocycles. The van der Waals surface area contributed by atoms with Crippen LogP contribution in [-0.4, -0.2) is 29.2 Å². The molecule has 1 unspecified atom stereocenters. The van der Waals surface area contributed by atoms with Gasteiger partial charge in [-0.05, 0) is 62.4 Å². The van der Waals surface area contributed by atoms with E-state index in [1.807, 2.05) is 62.4 Å². The van der Waals surface area contributed by atoms with Crippen molar-refractivity contribution < 1.29 is 14.3 Å². The molecule has 5 rings (SSSR count). The van der Waals surface area contributed by atoms with Gasteiger partial charge >= 0.3 is 5.97 Å². The zero-order valence-electron chi connectivity index (χ0n) is 20.8. The van der Waals surface area contributed by atoms with Crippen molar-refractivity contribution in [2.24, 2.45) is 4.99 Å². The summed E-state index contributed by atoms with van der Waals surface area (Å²) in [5.41, 5.74) is 4.47. The van der Waals surface area contributed by atoms with Gasteiger partial charge in [-0.2, -0.15) is 0 Å². The Bertz CT molecular complexity index is 1720. The average molecular weight is 502 g/mol. The predicted molar refractivity (Wildman–Crippen MR) is 141 cm³/mol. The lowest BCUT2D eigenvalue weighted by Gasteiger charge is -2.26. The number of H-pyrrole nitrogens is 1. The molecule has 7 nitrogen and oxygen atoms in total. The number of carbonyl (C=O) groups excluding carboxylic acids is 1. The standard InChI is InChI=1S/C28H27N3O4S/c1-6-35-27(33)24-17(4)30-28-31(26(32)23(36-28)14-18-13-15(2)29-16(18)3)25(24)21-11-12-22(34-5)20-10-8-7-9-19(20)21/h7-14,25,29H,6H2,1-5H3/b23-14-. The second kappa shape index (κ2) is 9.28. The zero-order chi connectivity index (χ0) is 25.6. The fourth-order valence-corrected chi connectivity index (χ4v) is 5.87. The van der Waals surface area contributed by atoms with Crippen LogP contribution in [0.15, 0.2) is 63.5 Å². The largest absolute Gasteiger partial charge is 0.496 e. The van der Waals surface area contributed by atoms with Crippen LogP contribution in [0.5, 0.6) is 5.75 Å². The molecule has 0 amide bonds. The molecule has 0 bridgehead atoms. The van der Waals surface area contributed by atoms with E-state index in [0.29, 0.717) is 20.6 Å². The van der Waals surface area contributed by atoms with E-state index >= 15 is 0 Å². The van der Waals surface area contributed by atoms with Gasteiger partial charge in [-0.25, -0.2) is 9.79 Å². The number of nitrogens with one attached hydrogen (secondary N) is 1. The van der Waals surface area contributed by atoms with E-state index in [1.165, 1.54) is 11.3 Å². The Morgan fingerprint density at radius 3 is 2.58 bits per heavy atom. The van der Waals surface area contributed by atoms with E-state index in [9.17, 15) is 9.59 Å². The van der Waals surface area contributed by atoms with E-state index in [1.54, 1.807) is 25.5 Å². The molecule has 0 spiro atoms. The Labute approximate surface area is 212 Å². The highest BCUT2D eigenvalue weighted by atomic mass is 32.1. The van der Waals surface area contributed by atoms with Crippen LogP contribution in [0, 0.1) is 13.8 Å². The van der Waals surface area contributed by atoms with E-state index in [0.717, 1.165) is 39.0 Å². The first-order valence-corrected chi connectivity index (χ1v) is 12.6. The quantitative estimate of drug-likeness (QED) is 0.420. The minimum atomic E-state index is -0.688. The van der Waals surface area contributed by atoms with Crippen LogP contribution in [0.3, 0.4) is 0 Å². The summed E-state index contributed by atoms with van der Waals surface area (Å²) >= 11 is 1.32. The Kier molecular flexibility index (Phi) is 6.14. The van der Waals surface area contributed by atoms with Crippen molar-refractivity contribution in [3.63, 3.8) is 0 Å². The lowest BCUT2D eigenvalue weighted by molar-refractivity contribution is -0.139. The summed E-state index contributed by atoms with van der Waals surface area (Å²) in [4.78, 5) is 35.6. The third-order valence-corrected chi connectivity index (χ3v) is 7.41. The maximum atomic E-state index is 13.9. The number of esters is 1. The minimum Gasteiger partial charge on any atom is -0.496 e. The number of aromatic amines is 1. The summed E-state index contributed by atoms with van der Waals surface area (Å²) in [6.45, 7) is 7.74. The summed E-state index contributed by atoms with van der Waals surface area (Å²) in [6.07, 6.45) is 1.88. The molecule has 2 aromatic heterocycles. The number of allylic oxidation sites excluding steroid dienone is 1. The molecular weight excluding hydrogens is 474 g/mol. The number of hydrogen-bond donors (Lipinski definition) is 1.